The number of nitrogens with zero attached hydrogens (tertiary/aromatic N) is 1. The SMILES string of the molecule is O=C(O)C1CCc2oc(-c3ccco3)nc2C1. The maximum atomic E-state index is 10.9. The van der Waals surface area contributed by atoms with Crippen LogP contribution < -0.4 is 0 Å². The Morgan fingerprint density at radius 1 is 1.53 bits per heavy atom. The number of hydrogen-bond donors (Lipinski definition) is 1. The first kappa shape index (κ1) is 10.1. The first-order valence-corrected chi connectivity index (χ1v) is 5.49. The van der Waals surface area contributed by atoms with Crippen LogP contribution in [0.25, 0.3) is 11.7 Å². The maximum Gasteiger partial charge on any atom is 0.306 e. The van der Waals surface area contributed by atoms with E-state index in [1.807, 2.05) is 0 Å². The quantitative estimate of drug-likeness (QED) is 0.859. The summed E-state index contributed by atoms with van der Waals surface area (Å²) in [6, 6.07) is 3.53. The van der Waals surface area contributed by atoms with Gasteiger partial charge < -0.3 is 13.9 Å². The molecule has 0 saturated carbocycles. The molecule has 88 valence electrons. The van der Waals surface area contributed by atoms with Crippen LogP contribution in [-0.4, -0.2) is 16.1 Å². The molecule has 2 heterocycles. The van der Waals surface area contributed by atoms with Gasteiger partial charge in [0, 0.05) is 12.8 Å². The zero-order valence-corrected chi connectivity index (χ0v) is 9.05. The average molecular weight is 233 g/mol. The van der Waals surface area contributed by atoms with Crippen molar-refractivity contribution in [2.24, 2.45) is 5.92 Å². The normalized spacial score (nSPS) is 18.9. The lowest BCUT2D eigenvalue weighted by Gasteiger charge is -2.15. The Balaban J connectivity index is 1.92. The molecule has 2 aromatic rings. The molecule has 0 saturated heterocycles. The number of carboxylic acid groups (broad SMARTS) is 1. The number of carbonyl (C=O) groups is 1. The standard InChI is InChI=1S/C12H11NO4/c14-12(15)7-3-4-9-8(6-7)13-11(17-9)10-2-1-5-16-10/h1-2,5,7H,3-4,6H2,(H,14,15). The number of aromatic nitrogens is 1. The molecule has 1 N–H and O–H groups in total. The minimum atomic E-state index is -0.766. The molecule has 1 aliphatic rings. The Bertz CT molecular complexity index is 541. The average Bonchev–Trinajstić information content (AvgIpc) is 2.96. The molecule has 1 unspecified atom stereocenters. The molecular formula is C12H11NO4. The number of carboxylic acids is 1. The molecule has 2 aromatic heterocycles. The second-order valence-electron chi connectivity index (χ2n) is 4.14. The number of hydrogen-bond acceptors (Lipinski definition) is 4. The molecule has 5 heteroatoms. The highest BCUT2D eigenvalue weighted by Crippen LogP contribution is 2.30. The molecular weight excluding hydrogens is 222 g/mol. The van der Waals surface area contributed by atoms with Crippen molar-refractivity contribution in [1.82, 2.24) is 4.98 Å². The first-order chi connectivity index (χ1) is 8.24. The Kier molecular flexibility index (Phi) is 2.24. The van der Waals surface area contributed by atoms with Gasteiger partial charge in [0.15, 0.2) is 5.76 Å². The highest BCUT2D eigenvalue weighted by molar-refractivity contribution is 5.70. The Labute approximate surface area is 97.1 Å². The predicted octanol–water partition coefficient (Wildman–Crippen LogP) is 2.12. The van der Waals surface area contributed by atoms with Gasteiger partial charge in [0.05, 0.1) is 17.9 Å². The largest absolute Gasteiger partial charge is 0.481 e. The van der Waals surface area contributed by atoms with Crippen molar-refractivity contribution in [3.8, 4) is 11.7 Å². The highest BCUT2D eigenvalue weighted by atomic mass is 16.4. The van der Waals surface area contributed by atoms with Gasteiger partial charge in [-0.15, -0.1) is 0 Å². The van der Waals surface area contributed by atoms with Crippen LogP contribution >= 0.6 is 0 Å². The van der Waals surface area contributed by atoms with Crippen molar-refractivity contribution < 1.29 is 18.7 Å². The van der Waals surface area contributed by atoms with Gasteiger partial charge in [-0.25, -0.2) is 4.98 Å². The minimum absolute atomic E-state index is 0.350. The van der Waals surface area contributed by atoms with Crippen LogP contribution in [0.5, 0.6) is 0 Å². The predicted molar refractivity (Wildman–Crippen MR) is 57.4 cm³/mol. The summed E-state index contributed by atoms with van der Waals surface area (Å²) in [5.74, 6) is 0.682. The molecule has 1 aliphatic carbocycles. The molecule has 17 heavy (non-hydrogen) atoms. The monoisotopic (exact) mass is 233 g/mol. The van der Waals surface area contributed by atoms with Gasteiger partial charge in [-0.2, -0.15) is 0 Å². The number of aryl methyl sites for hydroxylation is 1. The third-order valence-corrected chi connectivity index (χ3v) is 3.02. The lowest BCUT2D eigenvalue weighted by Crippen LogP contribution is -2.21. The van der Waals surface area contributed by atoms with Crippen LogP contribution in [0.2, 0.25) is 0 Å². The van der Waals surface area contributed by atoms with Crippen molar-refractivity contribution in [3.63, 3.8) is 0 Å². The second kappa shape index (κ2) is 3.76. The van der Waals surface area contributed by atoms with Gasteiger partial charge in [-0.1, -0.05) is 0 Å². The van der Waals surface area contributed by atoms with E-state index in [9.17, 15) is 4.79 Å². The Morgan fingerprint density at radius 3 is 3.12 bits per heavy atom. The molecule has 5 nitrogen and oxygen atoms in total. The van der Waals surface area contributed by atoms with Gasteiger partial charge in [-0.3, -0.25) is 4.79 Å². The summed E-state index contributed by atoms with van der Waals surface area (Å²) >= 11 is 0. The van der Waals surface area contributed by atoms with E-state index >= 15 is 0 Å². The molecule has 0 aliphatic heterocycles. The van der Waals surface area contributed by atoms with Crippen molar-refractivity contribution in [1.29, 1.82) is 0 Å². The second-order valence-corrected chi connectivity index (χ2v) is 4.14. The van der Waals surface area contributed by atoms with Gasteiger partial charge >= 0.3 is 5.97 Å². The minimum Gasteiger partial charge on any atom is -0.481 e. The van der Waals surface area contributed by atoms with E-state index in [1.165, 1.54) is 0 Å². The highest BCUT2D eigenvalue weighted by Gasteiger charge is 2.28. The fourth-order valence-corrected chi connectivity index (χ4v) is 2.10. The molecule has 1 atom stereocenters. The van der Waals surface area contributed by atoms with E-state index in [-0.39, 0.29) is 5.92 Å². The first-order valence-electron chi connectivity index (χ1n) is 5.49. The summed E-state index contributed by atoms with van der Waals surface area (Å²) in [7, 11) is 0. The van der Waals surface area contributed by atoms with E-state index in [1.54, 1.807) is 18.4 Å². The molecule has 0 aromatic carbocycles. The third-order valence-electron chi connectivity index (χ3n) is 3.02. The van der Waals surface area contributed by atoms with Crippen LogP contribution in [0.15, 0.2) is 27.2 Å². The lowest BCUT2D eigenvalue weighted by atomic mass is 9.90. The number of furan rings is 1. The van der Waals surface area contributed by atoms with Crippen LogP contribution in [0, 0.1) is 5.92 Å². The number of fused-ring (bicyclic) bond motifs is 1. The van der Waals surface area contributed by atoms with Crippen LogP contribution in [0.1, 0.15) is 17.9 Å². The van der Waals surface area contributed by atoms with Crippen molar-refractivity contribution in [3.05, 3.63) is 29.9 Å². The fraction of sp³-hybridized carbons (Fsp3) is 0.333. The topological polar surface area (TPSA) is 76.5 Å². The van der Waals surface area contributed by atoms with Gasteiger partial charge in [0.25, 0.3) is 5.89 Å². The summed E-state index contributed by atoms with van der Waals surface area (Å²) in [4.78, 5) is 15.2. The van der Waals surface area contributed by atoms with Crippen LogP contribution in [-0.2, 0) is 17.6 Å². The number of rotatable bonds is 2. The van der Waals surface area contributed by atoms with Gasteiger partial charge in [-0.05, 0) is 18.6 Å². The van der Waals surface area contributed by atoms with Crippen molar-refractivity contribution in [2.75, 3.05) is 0 Å². The summed E-state index contributed by atoms with van der Waals surface area (Å²) in [5, 5.41) is 8.98. The molecule has 0 amide bonds. The Morgan fingerprint density at radius 2 is 2.41 bits per heavy atom. The zero-order chi connectivity index (χ0) is 11.8. The number of aliphatic carboxylic acids is 1. The zero-order valence-electron chi connectivity index (χ0n) is 9.05. The van der Waals surface area contributed by atoms with Crippen molar-refractivity contribution >= 4 is 5.97 Å². The molecule has 0 fully saturated rings. The lowest BCUT2D eigenvalue weighted by molar-refractivity contribution is -0.142. The van der Waals surface area contributed by atoms with Gasteiger partial charge in [0.1, 0.15) is 5.76 Å². The molecule has 0 bridgehead atoms. The molecule has 3 rings (SSSR count). The summed E-state index contributed by atoms with van der Waals surface area (Å²) in [5.41, 5.74) is 0.745. The van der Waals surface area contributed by atoms with E-state index in [4.69, 9.17) is 13.9 Å². The third kappa shape index (κ3) is 1.73. The van der Waals surface area contributed by atoms with Gasteiger partial charge in [0.2, 0.25) is 0 Å². The van der Waals surface area contributed by atoms with Crippen molar-refractivity contribution in [2.45, 2.75) is 19.3 Å². The molecule has 0 radical (unpaired) electrons. The van der Waals surface area contributed by atoms with Crippen LogP contribution in [0.3, 0.4) is 0 Å². The number of oxazole rings is 1. The molecule has 0 spiro atoms. The van der Waals surface area contributed by atoms with Crippen LogP contribution in [0.4, 0.5) is 0 Å². The summed E-state index contributed by atoms with van der Waals surface area (Å²) in [6.45, 7) is 0. The Hall–Kier alpha value is -2.04. The van der Waals surface area contributed by atoms with E-state index in [2.05, 4.69) is 4.98 Å². The maximum absolute atomic E-state index is 10.9. The van der Waals surface area contributed by atoms with E-state index < -0.39 is 5.97 Å². The fourth-order valence-electron chi connectivity index (χ4n) is 2.10. The van der Waals surface area contributed by atoms with E-state index in [0.717, 1.165) is 11.5 Å². The van der Waals surface area contributed by atoms with E-state index in [0.29, 0.717) is 30.9 Å². The smallest absolute Gasteiger partial charge is 0.306 e. The summed E-state index contributed by atoms with van der Waals surface area (Å²) in [6.07, 6.45) is 3.22. The summed E-state index contributed by atoms with van der Waals surface area (Å²) < 4.78 is 10.8.